The number of nitrogens with zero attached hydrogens (tertiary/aromatic N) is 4. The minimum atomic E-state index is 0.0906. The van der Waals surface area contributed by atoms with Crippen molar-refractivity contribution in [1.82, 2.24) is 19.7 Å². The third-order valence-electron chi connectivity index (χ3n) is 5.87. The highest BCUT2D eigenvalue weighted by atomic mass is 15.4. The maximum Gasteiger partial charge on any atom is 0.0777 e. The molecule has 1 aromatic heterocycles. The molecule has 168 valence electrons. The van der Waals surface area contributed by atoms with Crippen molar-refractivity contribution in [2.45, 2.75) is 25.9 Å². The Morgan fingerprint density at radius 2 is 1.97 bits per heavy atom. The third kappa shape index (κ3) is 4.49. The number of nitrogens with two attached hydrogens (primary N) is 2. The van der Waals surface area contributed by atoms with Gasteiger partial charge in [-0.25, -0.2) is 5.84 Å². The predicted octanol–water partition coefficient (Wildman–Crippen LogP) is 3.53. The number of hydrazine groups is 1. The van der Waals surface area contributed by atoms with Crippen LogP contribution in [0.5, 0.6) is 0 Å². The van der Waals surface area contributed by atoms with Crippen LogP contribution in [0.25, 0.3) is 16.8 Å². The summed E-state index contributed by atoms with van der Waals surface area (Å²) in [6, 6.07) is 15.1. The second kappa shape index (κ2) is 9.06. The molecule has 1 aliphatic heterocycles. The quantitative estimate of drug-likeness (QED) is 0.536. The van der Waals surface area contributed by atoms with Crippen LogP contribution in [0, 0.1) is 0 Å². The molecule has 2 aromatic carbocycles. The van der Waals surface area contributed by atoms with Crippen LogP contribution in [0.4, 0.5) is 5.69 Å². The van der Waals surface area contributed by atoms with Crippen molar-refractivity contribution < 1.29 is 0 Å². The number of allylic oxidation sites excluding steroid dienone is 1. The van der Waals surface area contributed by atoms with Gasteiger partial charge in [-0.15, -0.1) is 0 Å². The molecule has 3 aromatic rings. The Labute approximate surface area is 190 Å². The molecule has 0 saturated heterocycles. The normalized spacial score (nSPS) is 17.8. The van der Waals surface area contributed by atoms with Gasteiger partial charge in [-0.1, -0.05) is 30.3 Å². The molecule has 0 fully saturated rings. The van der Waals surface area contributed by atoms with Crippen LogP contribution in [0.3, 0.4) is 0 Å². The van der Waals surface area contributed by atoms with Gasteiger partial charge in [-0.3, -0.25) is 4.68 Å². The molecule has 2 heterocycles. The van der Waals surface area contributed by atoms with Gasteiger partial charge in [0.15, 0.2) is 0 Å². The molecular weight excluding hydrogens is 398 g/mol. The van der Waals surface area contributed by atoms with Crippen LogP contribution in [0.15, 0.2) is 60.6 Å². The highest BCUT2D eigenvalue weighted by Crippen LogP contribution is 2.37. The number of fused-ring (bicyclic) bond motifs is 1. The molecule has 1 unspecified atom stereocenters. The molecule has 7 nitrogen and oxygen atoms in total. The van der Waals surface area contributed by atoms with Gasteiger partial charge in [0, 0.05) is 48.8 Å². The minimum absolute atomic E-state index is 0.0906. The lowest BCUT2D eigenvalue weighted by atomic mass is 9.93. The Bertz CT molecular complexity index is 1120. The Balaban J connectivity index is 1.81. The average molecular weight is 432 g/mol. The summed E-state index contributed by atoms with van der Waals surface area (Å²) in [4.78, 5) is 2.18. The molecule has 0 aliphatic carbocycles. The summed E-state index contributed by atoms with van der Waals surface area (Å²) in [5.74, 6) is 6.45. The Kier molecular flexibility index (Phi) is 6.21. The van der Waals surface area contributed by atoms with Crippen molar-refractivity contribution >= 4 is 11.4 Å². The third-order valence-corrected chi connectivity index (χ3v) is 5.87. The summed E-state index contributed by atoms with van der Waals surface area (Å²) in [6.45, 7) is 3.48. The van der Waals surface area contributed by atoms with E-state index in [0.717, 1.165) is 46.7 Å². The molecule has 0 bridgehead atoms. The van der Waals surface area contributed by atoms with E-state index >= 15 is 0 Å². The molecule has 32 heavy (non-hydrogen) atoms. The number of hydrogen-bond donors (Lipinski definition) is 3. The number of hydrogen-bond acceptors (Lipinski definition) is 6. The minimum Gasteiger partial charge on any atom is -0.401 e. The number of aryl methyl sites for hydroxylation is 1. The topological polar surface area (TPSA) is 88.4 Å². The average Bonchev–Trinajstić information content (AvgIpc) is 3.12. The van der Waals surface area contributed by atoms with Gasteiger partial charge in [0.1, 0.15) is 0 Å². The number of para-hydroxylation sites is 1. The van der Waals surface area contributed by atoms with E-state index in [-0.39, 0.29) is 6.04 Å². The van der Waals surface area contributed by atoms with Crippen LogP contribution < -0.4 is 16.9 Å². The number of benzene rings is 2. The fourth-order valence-corrected chi connectivity index (χ4v) is 4.42. The Morgan fingerprint density at radius 3 is 2.66 bits per heavy atom. The molecule has 0 amide bonds. The maximum atomic E-state index is 6.45. The lowest BCUT2D eigenvalue weighted by Crippen LogP contribution is -2.31. The number of anilines is 1. The van der Waals surface area contributed by atoms with Crippen LogP contribution in [0.1, 0.15) is 36.1 Å². The van der Waals surface area contributed by atoms with E-state index in [2.05, 4.69) is 71.9 Å². The molecule has 7 heteroatoms. The van der Waals surface area contributed by atoms with Gasteiger partial charge in [0.2, 0.25) is 0 Å². The maximum absolute atomic E-state index is 6.45. The van der Waals surface area contributed by atoms with E-state index in [1.807, 2.05) is 31.0 Å². The number of nitrogens with one attached hydrogen (secondary N) is 1. The van der Waals surface area contributed by atoms with Crippen molar-refractivity contribution in [2.75, 3.05) is 26.0 Å². The summed E-state index contributed by atoms with van der Waals surface area (Å²) < 4.78 is 1.82. The summed E-state index contributed by atoms with van der Waals surface area (Å²) in [5.41, 5.74) is 14.8. The summed E-state index contributed by atoms with van der Waals surface area (Å²) in [6.07, 6.45) is 4.79. The fraction of sp³-hybridized carbons (Fsp3) is 0.320. The van der Waals surface area contributed by atoms with Crippen LogP contribution in [-0.2, 0) is 13.6 Å². The smallest absolute Gasteiger partial charge is 0.0777 e. The summed E-state index contributed by atoms with van der Waals surface area (Å²) >= 11 is 0. The molecule has 5 N–H and O–H groups in total. The largest absolute Gasteiger partial charge is 0.401 e. The zero-order valence-electron chi connectivity index (χ0n) is 19.3. The van der Waals surface area contributed by atoms with Gasteiger partial charge in [0.25, 0.3) is 0 Å². The Hall–Kier alpha value is -3.29. The fourth-order valence-electron chi connectivity index (χ4n) is 4.42. The van der Waals surface area contributed by atoms with Crippen LogP contribution in [0.2, 0.25) is 0 Å². The van der Waals surface area contributed by atoms with E-state index < -0.39 is 0 Å². The molecule has 4 rings (SSSR count). The number of rotatable bonds is 5. The summed E-state index contributed by atoms with van der Waals surface area (Å²) in [5, 5.41) is 9.95. The van der Waals surface area contributed by atoms with E-state index in [4.69, 9.17) is 11.6 Å². The van der Waals surface area contributed by atoms with Gasteiger partial charge in [0.05, 0.1) is 17.9 Å². The summed E-state index contributed by atoms with van der Waals surface area (Å²) in [7, 11) is 6.11. The predicted molar refractivity (Wildman–Crippen MR) is 131 cm³/mol. The molecule has 0 spiro atoms. The highest BCUT2D eigenvalue weighted by Gasteiger charge is 2.26. The van der Waals surface area contributed by atoms with Crippen LogP contribution in [-0.4, -0.2) is 40.3 Å². The van der Waals surface area contributed by atoms with Crippen molar-refractivity contribution in [2.24, 2.45) is 18.6 Å². The van der Waals surface area contributed by atoms with Gasteiger partial charge in [-0.05, 0) is 56.3 Å². The van der Waals surface area contributed by atoms with Gasteiger partial charge in [-0.2, -0.15) is 5.10 Å². The van der Waals surface area contributed by atoms with Crippen molar-refractivity contribution in [3.8, 4) is 11.1 Å². The van der Waals surface area contributed by atoms with Crippen molar-refractivity contribution in [3.63, 3.8) is 0 Å². The zero-order chi connectivity index (χ0) is 22.8. The molecule has 0 radical (unpaired) electrons. The number of aromatic nitrogens is 2. The lowest BCUT2D eigenvalue weighted by molar-refractivity contribution is 0.399. The molecule has 1 atom stereocenters. The lowest BCUT2D eigenvalue weighted by Gasteiger charge is -2.24. The van der Waals surface area contributed by atoms with E-state index in [1.165, 1.54) is 11.1 Å². The monoisotopic (exact) mass is 431 g/mol. The molecule has 1 aliphatic rings. The van der Waals surface area contributed by atoms with Crippen molar-refractivity contribution in [3.05, 3.63) is 77.2 Å². The first kappa shape index (κ1) is 21.9. The highest BCUT2D eigenvalue weighted by molar-refractivity contribution is 5.75. The van der Waals surface area contributed by atoms with Crippen LogP contribution >= 0.6 is 0 Å². The molecule has 0 saturated carbocycles. The second-order valence-corrected chi connectivity index (χ2v) is 8.81. The van der Waals surface area contributed by atoms with Crippen molar-refractivity contribution in [1.29, 1.82) is 0 Å². The SMILES string of the molecule is C/C(N)=C1\c2ccc(-c3cnn(C)c3)cc2C(Nc2ccccc2CN(C)C)CCN1N. The molecular formula is C25H33N7. The standard InChI is InChI=1S/C25H33N7/c1-17(26)25-21-10-9-18(20-14-28-31(4)16-20)13-22(21)24(11-12-32(25)27)29-23-8-6-5-7-19(23)15-30(2)3/h5-10,13-14,16,24,29H,11-12,15,26-27H2,1-4H3/b25-17-. The van der Waals surface area contributed by atoms with Gasteiger partial charge < -0.3 is 21.0 Å². The first-order valence-electron chi connectivity index (χ1n) is 10.9. The van der Waals surface area contributed by atoms with E-state index in [9.17, 15) is 0 Å². The Morgan fingerprint density at radius 1 is 1.19 bits per heavy atom. The van der Waals surface area contributed by atoms with Gasteiger partial charge >= 0.3 is 0 Å². The zero-order valence-corrected chi connectivity index (χ0v) is 19.3. The first-order chi connectivity index (χ1) is 15.3. The van der Waals surface area contributed by atoms with E-state index in [0.29, 0.717) is 6.54 Å². The second-order valence-electron chi connectivity index (χ2n) is 8.81. The first-order valence-corrected chi connectivity index (χ1v) is 10.9. The van der Waals surface area contributed by atoms with E-state index in [1.54, 1.807) is 5.01 Å².